The molecule has 0 amide bonds. The normalized spacial score (nSPS) is 11.9. The number of thiophene rings is 2. The average molecular weight is 408 g/mol. The summed E-state index contributed by atoms with van der Waals surface area (Å²) in [7, 11) is 0. The van der Waals surface area contributed by atoms with Crippen LogP contribution in [0, 0.1) is 0 Å². The maximum atomic E-state index is 13.5. The van der Waals surface area contributed by atoms with Gasteiger partial charge < -0.3 is 9.63 Å². The van der Waals surface area contributed by atoms with Gasteiger partial charge in [0.15, 0.2) is 0 Å². The van der Waals surface area contributed by atoms with Gasteiger partial charge in [-0.05, 0) is 17.7 Å². The zero-order valence-corrected chi connectivity index (χ0v) is 15.2. The second-order valence-corrected chi connectivity index (χ2v) is 7.65. The molecule has 4 rings (SSSR count). The number of alkyl halides is 3. The zero-order valence-electron chi connectivity index (χ0n) is 13.5. The number of aromatic nitrogens is 2. The van der Waals surface area contributed by atoms with Gasteiger partial charge >= 0.3 is 6.18 Å². The Morgan fingerprint density at radius 1 is 1.07 bits per heavy atom. The first-order valence-electron chi connectivity index (χ1n) is 7.75. The molecule has 0 fully saturated rings. The molecule has 1 aromatic carbocycles. The Bertz CT molecular complexity index is 1070. The second kappa shape index (κ2) is 6.91. The van der Waals surface area contributed by atoms with Gasteiger partial charge in [-0.3, -0.25) is 0 Å². The van der Waals surface area contributed by atoms with Gasteiger partial charge in [0.25, 0.3) is 5.89 Å². The number of benzene rings is 1. The molecule has 0 aliphatic rings. The van der Waals surface area contributed by atoms with Crippen LogP contribution >= 0.6 is 22.7 Å². The molecule has 0 spiro atoms. The Hall–Kier alpha value is -2.49. The van der Waals surface area contributed by atoms with Crippen molar-refractivity contribution < 1.29 is 22.8 Å². The number of nitrogens with zero attached hydrogens (tertiary/aromatic N) is 2. The molecule has 4 nitrogen and oxygen atoms in total. The maximum Gasteiger partial charge on any atom is 0.426 e. The van der Waals surface area contributed by atoms with Crippen molar-refractivity contribution in [3.8, 4) is 33.3 Å². The first-order chi connectivity index (χ1) is 13.0. The lowest BCUT2D eigenvalue weighted by molar-refractivity contribution is -0.133. The first kappa shape index (κ1) is 17.9. The molecule has 0 aliphatic carbocycles. The van der Waals surface area contributed by atoms with Crippen LogP contribution in [-0.4, -0.2) is 15.2 Å². The third kappa shape index (κ3) is 3.53. The summed E-state index contributed by atoms with van der Waals surface area (Å²) in [5.74, 6) is 0.295. The van der Waals surface area contributed by atoms with Crippen molar-refractivity contribution in [3.05, 3.63) is 57.6 Å². The van der Waals surface area contributed by atoms with Crippen LogP contribution in [0.25, 0.3) is 33.3 Å². The Balaban J connectivity index is 1.76. The lowest BCUT2D eigenvalue weighted by Crippen LogP contribution is -2.03. The molecule has 9 heteroatoms. The summed E-state index contributed by atoms with van der Waals surface area (Å²) in [6, 6.07) is 11.5. The number of hydrogen-bond acceptors (Lipinski definition) is 6. The highest BCUT2D eigenvalue weighted by Crippen LogP contribution is 2.45. The molecule has 27 heavy (non-hydrogen) atoms. The quantitative estimate of drug-likeness (QED) is 0.470. The molecular weight excluding hydrogens is 397 g/mol. The van der Waals surface area contributed by atoms with E-state index in [2.05, 4.69) is 10.1 Å². The highest BCUT2D eigenvalue weighted by Gasteiger charge is 2.37. The standard InChI is InChI=1S/C18H11F3N2O2S2/c19-18(20,21)15-13(10-4-2-1-3-5-10)7-14(27-15)17-22-16(23-25-17)11-6-12(8-24)26-9-11/h1-7,9,24H,8H2. The Morgan fingerprint density at radius 3 is 2.52 bits per heavy atom. The van der Waals surface area contributed by atoms with Crippen LogP contribution in [0.15, 0.2) is 52.4 Å². The number of aliphatic hydroxyl groups excluding tert-OH is 1. The molecule has 0 saturated carbocycles. The Labute approximate surface area is 159 Å². The third-order valence-electron chi connectivity index (χ3n) is 3.78. The third-order valence-corrected chi connectivity index (χ3v) is 5.87. The highest BCUT2D eigenvalue weighted by molar-refractivity contribution is 7.16. The number of rotatable bonds is 4. The van der Waals surface area contributed by atoms with Gasteiger partial charge in [0.1, 0.15) is 4.88 Å². The molecule has 0 radical (unpaired) electrons. The van der Waals surface area contributed by atoms with E-state index < -0.39 is 11.1 Å². The summed E-state index contributed by atoms with van der Waals surface area (Å²) in [4.78, 5) is 4.49. The predicted molar refractivity (Wildman–Crippen MR) is 97.3 cm³/mol. The first-order valence-corrected chi connectivity index (χ1v) is 9.44. The fourth-order valence-electron chi connectivity index (χ4n) is 2.56. The molecular formula is C18H11F3N2O2S2. The molecule has 0 saturated heterocycles. The summed E-state index contributed by atoms with van der Waals surface area (Å²) < 4.78 is 45.7. The maximum absolute atomic E-state index is 13.5. The van der Waals surface area contributed by atoms with Gasteiger partial charge in [-0.15, -0.1) is 22.7 Å². The van der Waals surface area contributed by atoms with Crippen molar-refractivity contribution in [2.24, 2.45) is 0 Å². The van der Waals surface area contributed by atoms with Crippen LogP contribution in [-0.2, 0) is 12.8 Å². The summed E-state index contributed by atoms with van der Waals surface area (Å²) in [5.41, 5.74) is 1.20. The SMILES string of the molecule is OCc1cc(-c2noc(-c3cc(-c4ccccc4)c(C(F)(F)F)s3)n2)cs1. The van der Waals surface area contributed by atoms with Gasteiger partial charge in [-0.2, -0.15) is 18.2 Å². The minimum Gasteiger partial charge on any atom is -0.391 e. The van der Waals surface area contributed by atoms with E-state index in [-0.39, 0.29) is 28.8 Å². The summed E-state index contributed by atoms with van der Waals surface area (Å²) in [5, 5.41) is 14.7. The molecule has 0 aliphatic heterocycles. The largest absolute Gasteiger partial charge is 0.426 e. The van der Waals surface area contributed by atoms with E-state index in [1.165, 1.54) is 17.4 Å². The Morgan fingerprint density at radius 2 is 1.85 bits per heavy atom. The van der Waals surface area contributed by atoms with Crippen LogP contribution in [0.4, 0.5) is 13.2 Å². The average Bonchev–Trinajstić information content (AvgIpc) is 3.38. The fourth-order valence-corrected chi connectivity index (χ4v) is 4.25. The van der Waals surface area contributed by atoms with Crippen molar-refractivity contribution in [3.63, 3.8) is 0 Å². The monoisotopic (exact) mass is 408 g/mol. The number of halogens is 3. The molecule has 0 bridgehead atoms. The number of hydrogen-bond donors (Lipinski definition) is 1. The van der Waals surface area contributed by atoms with Gasteiger partial charge in [-0.25, -0.2) is 0 Å². The van der Waals surface area contributed by atoms with Crippen LogP contribution in [0.1, 0.15) is 9.75 Å². The summed E-state index contributed by atoms with van der Waals surface area (Å²) >= 11 is 1.91. The number of aliphatic hydroxyl groups is 1. The van der Waals surface area contributed by atoms with Crippen LogP contribution < -0.4 is 0 Å². The molecule has 0 atom stereocenters. The summed E-state index contributed by atoms with van der Waals surface area (Å²) in [6.45, 7) is -0.102. The van der Waals surface area contributed by atoms with E-state index in [0.29, 0.717) is 22.5 Å². The minimum absolute atomic E-state index is 0.0272. The predicted octanol–water partition coefficient (Wildman–Crippen LogP) is 5.70. The van der Waals surface area contributed by atoms with Crippen molar-refractivity contribution in [1.82, 2.24) is 10.1 Å². The van der Waals surface area contributed by atoms with E-state index in [1.807, 2.05) is 0 Å². The van der Waals surface area contributed by atoms with Gasteiger partial charge in [0.2, 0.25) is 5.82 Å². The molecule has 3 heterocycles. The van der Waals surface area contributed by atoms with Crippen molar-refractivity contribution in [2.45, 2.75) is 12.8 Å². The van der Waals surface area contributed by atoms with Crippen molar-refractivity contribution in [2.75, 3.05) is 0 Å². The second-order valence-electron chi connectivity index (χ2n) is 5.60. The van der Waals surface area contributed by atoms with Crippen LogP contribution in [0.5, 0.6) is 0 Å². The molecule has 3 aromatic heterocycles. The topological polar surface area (TPSA) is 59.2 Å². The van der Waals surface area contributed by atoms with Crippen molar-refractivity contribution in [1.29, 1.82) is 0 Å². The minimum atomic E-state index is -4.49. The van der Waals surface area contributed by atoms with Crippen LogP contribution in [0.2, 0.25) is 0 Å². The molecule has 4 aromatic rings. The summed E-state index contributed by atoms with van der Waals surface area (Å²) in [6.07, 6.45) is -4.49. The van der Waals surface area contributed by atoms with E-state index in [9.17, 15) is 13.2 Å². The lowest BCUT2D eigenvalue weighted by atomic mass is 10.1. The van der Waals surface area contributed by atoms with E-state index >= 15 is 0 Å². The fraction of sp³-hybridized carbons (Fsp3) is 0.111. The molecule has 0 unspecified atom stereocenters. The van der Waals surface area contributed by atoms with Crippen LogP contribution in [0.3, 0.4) is 0 Å². The van der Waals surface area contributed by atoms with Gasteiger partial charge in [-0.1, -0.05) is 35.5 Å². The van der Waals surface area contributed by atoms with Gasteiger partial charge in [0, 0.05) is 21.4 Å². The lowest BCUT2D eigenvalue weighted by Gasteiger charge is -2.07. The van der Waals surface area contributed by atoms with E-state index in [1.54, 1.807) is 41.8 Å². The van der Waals surface area contributed by atoms with Gasteiger partial charge in [0.05, 0.1) is 11.5 Å². The van der Waals surface area contributed by atoms with E-state index in [0.717, 1.165) is 4.88 Å². The smallest absolute Gasteiger partial charge is 0.391 e. The Kier molecular flexibility index (Phi) is 4.58. The molecule has 1 N–H and O–H groups in total. The zero-order chi connectivity index (χ0) is 19.0. The van der Waals surface area contributed by atoms with E-state index in [4.69, 9.17) is 9.63 Å². The molecule has 138 valence electrons. The highest BCUT2D eigenvalue weighted by atomic mass is 32.1. The van der Waals surface area contributed by atoms with Crippen molar-refractivity contribution >= 4 is 22.7 Å².